The molecule has 0 saturated carbocycles. The van der Waals surface area contributed by atoms with Crippen molar-refractivity contribution in [2.45, 2.75) is 0 Å². The van der Waals surface area contributed by atoms with E-state index in [0.29, 0.717) is 0 Å². The van der Waals surface area contributed by atoms with Crippen LogP contribution >= 0.6 is 24.0 Å². The van der Waals surface area contributed by atoms with Crippen molar-refractivity contribution in [3.05, 3.63) is 64.7 Å². The van der Waals surface area contributed by atoms with Gasteiger partial charge in [-0.3, -0.25) is 4.99 Å². The van der Waals surface area contributed by atoms with Gasteiger partial charge in [-0.2, -0.15) is 0 Å². The Balaban J connectivity index is 0.00000192. The van der Waals surface area contributed by atoms with Gasteiger partial charge in [-0.1, -0.05) is 29.8 Å². The lowest BCUT2D eigenvalue weighted by molar-refractivity contribution is 0.475. The van der Waals surface area contributed by atoms with E-state index in [1.165, 1.54) is 0 Å². The lowest BCUT2D eigenvalue weighted by Crippen LogP contribution is -2.20. The standard InChI is InChI=1S/C18H17ClN2O.ClH/c1-21-10-9-20-17(16-7-6-14(19)12-18(16)21)8-5-13-3-2-4-15(22)11-13;/h2-8,11-12,22H,9-10H2,1H3;1H. The molecular formula is C18H18Cl2N2O. The van der Waals surface area contributed by atoms with E-state index in [1.807, 2.05) is 49.5 Å². The molecule has 0 bridgehead atoms. The van der Waals surface area contributed by atoms with Gasteiger partial charge in [0.15, 0.2) is 0 Å². The van der Waals surface area contributed by atoms with E-state index >= 15 is 0 Å². The van der Waals surface area contributed by atoms with E-state index in [9.17, 15) is 5.11 Å². The molecule has 3 nitrogen and oxygen atoms in total. The lowest BCUT2D eigenvalue weighted by Gasteiger charge is -2.19. The Morgan fingerprint density at radius 1 is 1.17 bits per heavy atom. The number of aromatic hydroxyl groups is 1. The van der Waals surface area contributed by atoms with Crippen LogP contribution in [0, 0.1) is 0 Å². The van der Waals surface area contributed by atoms with Crippen molar-refractivity contribution in [1.29, 1.82) is 0 Å². The molecule has 1 heterocycles. The van der Waals surface area contributed by atoms with Gasteiger partial charge in [0, 0.05) is 29.9 Å². The summed E-state index contributed by atoms with van der Waals surface area (Å²) >= 11 is 6.12. The maximum atomic E-state index is 9.53. The number of benzodiazepines with no additional fused rings is 1. The molecule has 2 aromatic carbocycles. The topological polar surface area (TPSA) is 35.8 Å². The van der Waals surface area contributed by atoms with Gasteiger partial charge in [-0.25, -0.2) is 0 Å². The second kappa shape index (κ2) is 7.53. The van der Waals surface area contributed by atoms with Gasteiger partial charge < -0.3 is 10.0 Å². The molecule has 120 valence electrons. The van der Waals surface area contributed by atoms with Gasteiger partial charge >= 0.3 is 0 Å². The number of halogens is 2. The van der Waals surface area contributed by atoms with Crippen LogP contribution in [0.2, 0.25) is 5.02 Å². The van der Waals surface area contributed by atoms with E-state index in [4.69, 9.17) is 11.6 Å². The molecule has 1 aliphatic heterocycles. The van der Waals surface area contributed by atoms with E-state index in [2.05, 4.69) is 9.89 Å². The van der Waals surface area contributed by atoms with Crippen LogP contribution in [-0.4, -0.2) is 31.0 Å². The summed E-state index contributed by atoms with van der Waals surface area (Å²) in [7, 11) is 2.05. The molecule has 0 radical (unpaired) electrons. The number of allylic oxidation sites excluding steroid dienone is 1. The molecule has 3 rings (SSSR count). The average Bonchev–Trinajstić information content (AvgIpc) is 2.65. The molecule has 5 heteroatoms. The first kappa shape index (κ1) is 17.4. The largest absolute Gasteiger partial charge is 0.508 e. The first-order valence-corrected chi connectivity index (χ1v) is 7.54. The molecule has 2 aromatic rings. The molecule has 0 spiro atoms. The van der Waals surface area contributed by atoms with Gasteiger partial charge in [-0.05, 0) is 42.0 Å². The van der Waals surface area contributed by atoms with Crippen LogP contribution < -0.4 is 4.90 Å². The van der Waals surface area contributed by atoms with Crippen LogP contribution in [0.15, 0.2) is 53.5 Å². The number of anilines is 1. The first-order chi connectivity index (χ1) is 10.6. The average molecular weight is 349 g/mol. The number of benzene rings is 2. The van der Waals surface area contributed by atoms with Crippen molar-refractivity contribution in [3.8, 4) is 5.75 Å². The number of aliphatic imine (C=N–C) groups is 1. The summed E-state index contributed by atoms with van der Waals surface area (Å²) in [6.07, 6.45) is 3.95. The number of phenols is 1. The Labute approximate surface area is 147 Å². The smallest absolute Gasteiger partial charge is 0.116 e. The third-order valence-electron chi connectivity index (χ3n) is 3.67. The van der Waals surface area contributed by atoms with Crippen LogP contribution in [0.5, 0.6) is 5.75 Å². The summed E-state index contributed by atoms with van der Waals surface area (Å²) in [5, 5.41) is 10.3. The monoisotopic (exact) mass is 348 g/mol. The highest BCUT2D eigenvalue weighted by Gasteiger charge is 2.14. The molecule has 0 atom stereocenters. The van der Waals surface area contributed by atoms with Crippen LogP contribution in [0.3, 0.4) is 0 Å². The second-order valence-electron chi connectivity index (χ2n) is 5.28. The molecule has 1 aliphatic rings. The number of likely N-dealkylation sites (N-methyl/N-ethyl adjacent to an activating group) is 1. The van der Waals surface area contributed by atoms with Crippen molar-refractivity contribution in [3.63, 3.8) is 0 Å². The molecular weight excluding hydrogens is 331 g/mol. The maximum Gasteiger partial charge on any atom is 0.116 e. The number of fused-ring (bicyclic) bond motifs is 1. The van der Waals surface area contributed by atoms with Crippen molar-refractivity contribution in [2.24, 2.45) is 4.99 Å². The van der Waals surface area contributed by atoms with Crippen molar-refractivity contribution in [2.75, 3.05) is 25.0 Å². The van der Waals surface area contributed by atoms with Crippen LogP contribution in [0.25, 0.3) is 6.08 Å². The quantitative estimate of drug-likeness (QED) is 0.871. The first-order valence-electron chi connectivity index (χ1n) is 7.16. The van der Waals surface area contributed by atoms with Gasteiger partial charge in [0.2, 0.25) is 0 Å². The molecule has 0 amide bonds. The Morgan fingerprint density at radius 2 is 2.00 bits per heavy atom. The van der Waals surface area contributed by atoms with Crippen LogP contribution in [0.1, 0.15) is 11.1 Å². The zero-order chi connectivity index (χ0) is 15.5. The predicted molar refractivity (Wildman–Crippen MR) is 101 cm³/mol. The summed E-state index contributed by atoms with van der Waals surface area (Å²) < 4.78 is 0. The Morgan fingerprint density at radius 3 is 2.78 bits per heavy atom. The van der Waals surface area contributed by atoms with Crippen molar-refractivity contribution >= 4 is 41.5 Å². The Hall–Kier alpha value is -1.97. The number of hydrogen-bond acceptors (Lipinski definition) is 3. The minimum Gasteiger partial charge on any atom is -0.508 e. The molecule has 23 heavy (non-hydrogen) atoms. The van der Waals surface area contributed by atoms with Crippen molar-refractivity contribution < 1.29 is 5.11 Å². The predicted octanol–water partition coefficient (Wildman–Crippen LogP) is 4.42. The molecule has 0 fully saturated rings. The van der Waals surface area contributed by atoms with E-state index in [-0.39, 0.29) is 18.2 Å². The summed E-state index contributed by atoms with van der Waals surface area (Å²) in [6.45, 7) is 1.60. The van der Waals surface area contributed by atoms with Gasteiger partial charge in [-0.15, -0.1) is 12.4 Å². The fourth-order valence-electron chi connectivity index (χ4n) is 2.51. The van der Waals surface area contributed by atoms with Gasteiger partial charge in [0.1, 0.15) is 5.75 Å². The second-order valence-corrected chi connectivity index (χ2v) is 5.71. The molecule has 1 N–H and O–H groups in total. The van der Waals surface area contributed by atoms with Crippen molar-refractivity contribution in [1.82, 2.24) is 0 Å². The number of rotatable bonds is 2. The number of nitrogens with zero attached hydrogens (tertiary/aromatic N) is 2. The molecule has 0 saturated heterocycles. The SMILES string of the molecule is CN1CCN=C(C=Cc2cccc(O)c2)c2ccc(Cl)cc21.Cl. The minimum absolute atomic E-state index is 0. The zero-order valence-corrected chi connectivity index (χ0v) is 14.3. The van der Waals surface area contributed by atoms with E-state index < -0.39 is 0 Å². The minimum atomic E-state index is 0. The highest BCUT2D eigenvalue weighted by atomic mass is 35.5. The Kier molecular flexibility index (Phi) is 5.69. The summed E-state index contributed by atoms with van der Waals surface area (Å²) in [6, 6.07) is 13.0. The molecule has 0 unspecified atom stereocenters. The summed E-state index contributed by atoms with van der Waals surface area (Å²) in [5.74, 6) is 0.261. The lowest BCUT2D eigenvalue weighted by atomic mass is 10.1. The van der Waals surface area contributed by atoms with E-state index in [1.54, 1.807) is 12.1 Å². The maximum absolute atomic E-state index is 9.53. The molecule has 0 aromatic heterocycles. The zero-order valence-electron chi connectivity index (χ0n) is 12.7. The highest BCUT2D eigenvalue weighted by Crippen LogP contribution is 2.27. The number of phenolic OH excluding ortho intramolecular Hbond substituents is 1. The number of hydrogen-bond donors (Lipinski definition) is 1. The normalized spacial score (nSPS) is 14.0. The van der Waals surface area contributed by atoms with Gasteiger partial charge in [0.05, 0.1) is 12.3 Å². The summed E-state index contributed by atoms with van der Waals surface area (Å²) in [4.78, 5) is 6.83. The fraction of sp³-hybridized carbons (Fsp3) is 0.167. The highest BCUT2D eigenvalue weighted by molar-refractivity contribution is 6.31. The molecule has 0 aliphatic carbocycles. The third kappa shape index (κ3) is 4.06. The fourth-order valence-corrected chi connectivity index (χ4v) is 2.68. The van der Waals surface area contributed by atoms with Crippen LogP contribution in [0.4, 0.5) is 5.69 Å². The third-order valence-corrected chi connectivity index (χ3v) is 3.90. The van der Waals surface area contributed by atoms with Crippen LogP contribution in [-0.2, 0) is 0 Å². The Bertz CT molecular complexity index is 756. The van der Waals surface area contributed by atoms with E-state index in [0.717, 1.165) is 40.6 Å². The van der Waals surface area contributed by atoms with Gasteiger partial charge in [0.25, 0.3) is 0 Å². The summed E-state index contributed by atoms with van der Waals surface area (Å²) in [5.41, 5.74) is 4.03.